The monoisotopic (exact) mass is 562 g/mol. The number of benzene rings is 2. The van der Waals surface area contributed by atoms with E-state index >= 15 is 0 Å². The lowest BCUT2D eigenvalue weighted by Gasteiger charge is -2.23. The zero-order chi connectivity index (χ0) is 28.2. The number of carbonyl (C=O) groups excluding carboxylic acids is 1. The topological polar surface area (TPSA) is 88.9 Å². The number of nitrogens with zero attached hydrogens (tertiary/aromatic N) is 3. The van der Waals surface area contributed by atoms with Gasteiger partial charge in [0.25, 0.3) is 5.91 Å². The Morgan fingerprint density at radius 2 is 1.90 bits per heavy atom. The second kappa shape index (κ2) is 11.8. The number of aliphatic hydroxyl groups is 1. The van der Waals surface area contributed by atoms with Gasteiger partial charge in [-0.15, -0.1) is 13.2 Å². The molecular formula is C27H33F3N4O4Si. The van der Waals surface area contributed by atoms with Crippen LogP contribution in [0, 0.1) is 0 Å². The van der Waals surface area contributed by atoms with Crippen LogP contribution < -0.4 is 15.0 Å². The van der Waals surface area contributed by atoms with Crippen molar-refractivity contribution in [3.05, 3.63) is 60.3 Å². The van der Waals surface area contributed by atoms with Gasteiger partial charge in [-0.25, -0.2) is 4.68 Å². The van der Waals surface area contributed by atoms with Crippen molar-refractivity contribution in [1.29, 1.82) is 0 Å². The predicted molar refractivity (Wildman–Crippen MR) is 146 cm³/mol. The van der Waals surface area contributed by atoms with Crippen LogP contribution in [-0.2, 0) is 11.5 Å². The summed E-state index contributed by atoms with van der Waals surface area (Å²) in [6.07, 6.45) is -2.90. The second-order valence-electron chi connectivity index (χ2n) is 10.7. The molecule has 2 N–H and O–H groups in total. The lowest BCUT2D eigenvalue weighted by Crippen LogP contribution is -2.23. The number of rotatable bonds is 10. The largest absolute Gasteiger partial charge is 0.573 e. The molecule has 0 radical (unpaired) electrons. The summed E-state index contributed by atoms with van der Waals surface area (Å²) in [6.45, 7) is 8.90. The number of amides is 1. The Labute approximate surface area is 226 Å². The van der Waals surface area contributed by atoms with Crippen LogP contribution >= 0.6 is 0 Å². The quantitative estimate of drug-likeness (QED) is 0.248. The van der Waals surface area contributed by atoms with E-state index in [4.69, 9.17) is 4.74 Å². The van der Waals surface area contributed by atoms with Gasteiger partial charge in [0.15, 0.2) is 0 Å². The minimum atomic E-state index is -4.79. The lowest BCUT2D eigenvalue weighted by molar-refractivity contribution is -0.274. The molecule has 0 saturated carbocycles. The lowest BCUT2D eigenvalue weighted by atomic mass is 10.0. The Bertz CT molecular complexity index is 1280. The highest BCUT2D eigenvalue weighted by Gasteiger charge is 2.31. The highest BCUT2D eigenvalue weighted by atomic mass is 28.3. The second-order valence-corrected chi connectivity index (χ2v) is 16.3. The molecule has 3 aromatic rings. The van der Waals surface area contributed by atoms with Gasteiger partial charge in [0, 0.05) is 56.5 Å². The van der Waals surface area contributed by atoms with E-state index in [-0.39, 0.29) is 12.5 Å². The molecule has 39 heavy (non-hydrogen) atoms. The van der Waals surface area contributed by atoms with Gasteiger partial charge < -0.3 is 24.8 Å². The van der Waals surface area contributed by atoms with Gasteiger partial charge in [-0.3, -0.25) is 4.79 Å². The summed E-state index contributed by atoms with van der Waals surface area (Å²) in [5, 5.41) is 17.3. The molecule has 1 atom stereocenters. The SMILES string of the molecule is C[Si](C)(C)CCOCn1nccc1-c1cc(C(=O)Nc2ccc(OC(F)(F)F)cc2)ccc1N1CC[C@@H](O)C1. The average Bonchev–Trinajstić information content (AvgIpc) is 3.50. The Balaban J connectivity index is 1.56. The third-order valence-corrected chi connectivity index (χ3v) is 8.02. The molecule has 1 fully saturated rings. The van der Waals surface area contributed by atoms with E-state index in [1.165, 1.54) is 12.1 Å². The van der Waals surface area contributed by atoms with Crippen LogP contribution in [-0.4, -0.2) is 61.0 Å². The molecule has 1 aromatic heterocycles. The maximum atomic E-state index is 13.1. The van der Waals surface area contributed by atoms with Crippen molar-refractivity contribution in [2.24, 2.45) is 0 Å². The van der Waals surface area contributed by atoms with E-state index in [1.54, 1.807) is 23.0 Å². The summed E-state index contributed by atoms with van der Waals surface area (Å²) in [7, 11) is -1.24. The number of β-amino-alcohol motifs (C(OH)–C–C–N with tert-alkyl or cyclic N) is 1. The van der Waals surface area contributed by atoms with Gasteiger partial charge in [-0.05, 0) is 61.0 Å². The van der Waals surface area contributed by atoms with Crippen LogP contribution in [0.25, 0.3) is 11.3 Å². The Kier molecular flexibility index (Phi) is 8.67. The zero-order valence-electron chi connectivity index (χ0n) is 22.2. The Hall–Kier alpha value is -3.35. The molecule has 4 rings (SSSR count). The Morgan fingerprint density at radius 1 is 1.15 bits per heavy atom. The number of aromatic nitrogens is 2. The Morgan fingerprint density at radius 3 is 2.54 bits per heavy atom. The minimum Gasteiger partial charge on any atom is -0.406 e. The third-order valence-electron chi connectivity index (χ3n) is 6.31. The fourth-order valence-electron chi connectivity index (χ4n) is 4.26. The van der Waals surface area contributed by atoms with Crippen LogP contribution in [0.4, 0.5) is 24.5 Å². The van der Waals surface area contributed by atoms with Crippen LogP contribution in [0.3, 0.4) is 0 Å². The first-order chi connectivity index (χ1) is 18.4. The van der Waals surface area contributed by atoms with Gasteiger partial charge in [-0.2, -0.15) is 5.10 Å². The van der Waals surface area contributed by atoms with Crippen LogP contribution in [0.1, 0.15) is 16.8 Å². The molecule has 210 valence electrons. The normalized spacial score (nSPS) is 16.0. The van der Waals surface area contributed by atoms with E-state index < -0.39 is 26.4 Å². The first kappa shape index (κ1) is 28.6. The smallest absolute Gasteiger partial charge is 0.406 e. The molecule has 1 aliphatic heterocycles. The van der Waals surface area contributed by atoms with Gasteiger partial charge in [0.1, 0.15) is 12.5 Å². The highest BCUT2D eigenvalue weighted by Crippen LogP contribution is 2.34. The van der Waals surface area contributed by atoms with Gasteiger partial charge in [0.05, 0.1) is 11.8 Å². The fraction of sp³-hybridized carbons (Fsp3) is 0.407. The van der Waals surface area contributed by atoms with Crippen molar-refractivity contribution in [2.75, 3.05) is 29.9 Å². The number of hydrogen-bond acceptors (Lipinski definition) is 6. The summed E-state index contributed by atoms with van der Waals surface area (Å²) in [4.78, 5) is 15.2. The van der Waals surface area contributed by atoms with Crippen molar-refractivity contribution >= 4 is 25.4 Å². The van der Waals surface area contributed by atoms with Crippen molar-refractivity contribution in [1.82, 2.24) is 9.78 Å². The zero-order valence-corrected chi connectivity index (χ0v) is 23.2. The molecule has 0 aliphatic carbocycles. The average molecular weight is 563 g/mol. The molecular weight excluding hydrogens is 529 g/mol. The number of nitrogens with one attached hydrogen (secondary N) is 1. The molecule has 12 heteroatoms. The highest BCUT2D eigenvalue weighted by molar-refractivity contribution is 6.76. The standard InChI is InChI=1S/C27H33F3N4O4Si/c1-39(2,3)15-14-37-18-34-25(10-12-31-34)23-16-19(4-9-24(23)33-13-11-21(35)17-33)26(36)32-20-5-7-22(8-6-20)38-27(28,29)30/h4-10,12,16,21,35H,11,13-15,17-18H2,1-3H3,(H,32,36)/t21-/m1/s1. The molecule has 0 bridgehead atoms. The minimum absolute atomic E-state index is 0.262. The third kappa shape index (κ3) is 8.07. The van der Waals surface area contributed by atoms with Gasteiger partial charge >= 0.3 is 6.36 Å². The van der Waals surface area contributed by atoms with E-state index in [1.807, 2.05) is 12.1 Å². The van der Waals surface area contributed by atoms with Crippen LogP contribution in [0.2, 0.25) is 25.7 Å². The molecule has 2 heterocycles. The van der Waals surface area contributed by atoms with Crippen LogP contribution in [0.5, 0.6) is 5.75 Å². The number of halogens is 3. The van der Waals surface area contributed by atoms with E-state index in [0.29, 0.717) is 37.4 Å². The van der Waals surface area contributed by atoms with Gasteiger partial charge in [-0.1, -0.05) is 19.6 Å². The van der Waals surface area contributed by atoms with E-state index in [9.17, 15) is 23.1 Å². The number of ether oxygens (including phenoxy) is 2. The van der Waals surface area contributed by atoms with Crippen LogP contribution in [0.15, 0.2) is 54.7 Å². The number of anilines is 2. The number of aliphatic hydroxyl groups excluding tert-OH is 1. The maximum Gasteiger partial charge on any atom is 0.573 e. The molecule has 1 saturated heterocycles. The van der Waals surface area contributed by atoms with Crippen molar-refractivity contribution < 1.29 is 32.5 Å². The molecule has 1 amide bonds. The summed E-state index contributed by atoms with van der Waals surface area (Å²) >= 11 is 0. The molecule has 8 nitrogen and oxygen atoms in total. The number of carbonyl (C=O) groups is 1. The first-order valence-electron chi connectivity index (χ1n) is 12.7. The summed E-state index contributed by atoms with van der Waals surface area (Å²) in [6, 6.07) is 13.1. The summed E-state index contributed by atoms with van der Waals surface area (Å²) in [5.41, 5.74) is 3.07. The predicted octanol–water partition coefficient (Wildman–Crippen LogP) is 5.58. The van der Waals surface area contributed by atoms with Crippen molar-refractivity contribution in [3.8, 4) is 17.0 Å². The molecule has 1 aliphatic rings. The summed E-state index contributed by atoms with van der Waals surface area (Å²) < 4.78 is 48.9. The summed E-state index contributed by atoms with van der Waals surface area (Å²) in [5.74, 6) is -0.800. The number of hydrogen-bond donors (Lipinski definition) is 2. The molecule has 0 spiro atoms. The molecule has 2 aromatic carbocycles. The van der Waals surface area contributed by atoms with E-state index in [0.717, 1.165) is 35.1 Å². The van der Waals surface area contributed by atoms with Crippen molar-refractivity contribution in [2.45, 2.75) is 51.3 Å². The van der Waals surface area contributed by atoms with E-state index in [2.05, 4.69) is 39.7 Å². The first-order valence-corrected chi connectivity index (χ1v) is 16.4. The van der Waals surface area contributed by atoms with Crippen molar-refractivity contribution in [3.63, 3.8) is 0 Å². The fourth-order valence-corrected chi connectivity index (χ4v) is 5.01. The van der Waals surface area contributed by atoms with Gasteiger partial charge in [0.2, 0.25) is 0 Å². The number of alkyl halides is 3. The maximum absolute atomic E-state index is 13.1. The molecule has 0 unspecified atom stereocenters.